The maximum atomic E-state index is 6.05. The minimum atomic E-state index is 0.460. The van der Waals surface area contributed by atoms with Gasteiger partial charge in [-0.15, -0.1) is 11.8 Å². The number of rotatable bonds is 3. The molecule has 1 unspecified atom stereocenters. The number of hydrogen-bond donors (Lipinski definition) is 1. The second-order valence-electron chi connectivity index (χ2n) is 4.90. The van der Waals surface area contributed by atoms with E-state index in [4.69, 9.17) is 10.5 Å². The number of nitrogens with two attached hydrogens (primary N) is 1. The molecule has 0 amide bonds. The lowest BCUT2D eigenvalue weighted by Gasteiger charge is -2.10. The van der Waals surface area contributed by atoms with E-state index in [-0.39, 0.29) is 0 Å². The SMILES string of the molecule is Cc1ccc(SCC2COc3ccccc32)c(N)c1. The van der Waals surface area contributed by atoms with Gasteiger partial charge in [0.05, 0.1) is 6.61 Å². The number of para-hydroxylation sites is 1. The van der Waals surface area contributed by atoms with E-state index in [9.17, 15) is 0 Å². The predicted octanol–water partition coefficient (Wildman–Crippen LogP) is 3.85. The van der Waals surface area contributed by atoms with Crippen molar-refractivity contribution in [1.82, 2.24) is 0 Å². The average Bonchev–Trinajstić information content (AvgIpc) is 2.81. The minimum absolute atomic E-state index is 0.460. The van der Waals surface area contributed by atoms with Crippen molar-refractivity contribution in [1.29, 1.82) is 0 Å². The molecular formula is C16H17NOS. The highest BCUT2D eigenvalue weighted by molar-refractivity contribution is 7.99. The van der Waals surface area contributed by atoms with Gasteiger partial charge in [0.15, 0.2) is 0 Å². The maximum Gasteiger partial charge on any atom is 0.122 e. The van der Waals surface area contributed by atoms with Crippen molar-refractivity contribution < 1.29 is 4.74 Å². The fourth-order valence-corrected chi connectivity index (χ4v) is 3.40. The van der Waals surface area contributed by atoms with Crippen LogP contribution in [0.5, 0.6) is 5.75 Å². The third kappa shape index (κ3) is 2.56. The quantitative estimate of drug-likeness (QED) is 0.680. The molecule has 1 atom stereocenters. The van der Waals surface area contributed by atoms with Crippen molar-refractivity contribution in [2.45, 2.75) is 17.7 Å². The smallest absolute Gasteiger partial charge is 0.122 e. The standard InChI is InChI=1S/C16H17NOS/c1-11-6-7-16(14(17)8-11)19-10-12-9-18-15-5-3-2-4-13(12)15/h2-8,12H,9-10,17H2,1H3. The summed E-state index contributed by atoms with van der Waals surface area (Å²) >= 11 is 1.81. The van der Waals surface area contributed by atoms with Crippen molar-refractivity contribution in [3.8, 4) is 5.75 Å². The molecular weight excluding hydrogens is 254 g/mol. The van der Waals surface area contributed by atoms with E-state index in [0.29, 0.717) is 5.92 Å². The lowest BCUT2D eigenvalue weighted by molar-refractivity contribution is 0.339. The molecule has 0 saturated heterocycles. The van der Waals surface area contributed by atoms with Crippen LogP contribution in [0.15, 0.2) is 47.4 Å². The Bertz CT molecular complexity index is 597. The monoisotopic (exact) mass is 271 g/mol. The molecule has 0 saturated carbocycles. The van der Waals surface area contributed by atoms with Gasteiger partial charge >= 0.3 is 0 Å². The van der Waals surface area contributed by atoms with Crippen LogP contribution in [0, 0.1) is 6.92 Å². The van der Waals surface area contributed by atoms with Crippen molar-refractivity contribution in [2.75, 3.05) is 18.1 Å². The average molecular weight is 271 g/mol. The Morgan fingerprint density at radius 3 is 2.95 bits per heavy atom. The van der Waals surface area contributed by atoms with E-state index in [0.717, 1.165) is 28.7 Å². The van der Waals surface area contributed by atoms with Gasteiger partial charge in [-0.2, -0.15) is 0 Å². The first-order chi connectivity index (χ1) is 9.24. The summed E-state index contributed by atoms with van der Waals surface area (Å²) < 4.78 is 5.70. The maximum absolute atomic E-state index is 6.05. The van der Waals surface area contributed by atoms with Crippen molar-refractivity contribution in [2.24, 2.45) is 0 Å². The van der Waals surface area contributed by atoms with E-state index in [2.05, 4.69) is 31.2 Å². The molecule has 2 aromatic carbocycles. The van der Waals surface area contributed by atoms with Crippen LogP contribution in [-0.4, -0.2) is 12.4 Å². The van der Waals surface area contributed by atoms with Gasteiger partial charge in [0, 0.05) is 27.8 Å². The molecule has 2 nitrogen and oxygen atoms in total. The highest BCUT2D eigenvalue weighted by Gasteiger charge is 2.23. The van der Waals surface area contributed by atoms with Gasteiger partial charge in [0.1, 0.15) is 5.75 Å². The van der Waals surface area contributed by atoms with Gasteiger partial charge in [-0.1, -0.05) is 24.3 Å². The Balaban J connectivity index is 1.71. The number of anilines is 1. The lowest BCUT2D eigenvalue weighted by Crippen LogP contribution is -2.03. The topological polar surface area (TPSA) is 35.2 Å². The first-order valence-electron chi connectivity index (χ1n) is 6.44. The Morgan fingerprint density at radius 2 is 2.11 bits per heavy atom. The molecule has 1 heterocycles. The normalized spacial score (nSPS) is 17.0. The number of hydrogen-bond acceptors (Lipinski definition) is 3. The summed E-state index contributed by atoms with van der Waals surface area (Å²) in [5, 5.41) is 0. The molecule has 0 aromatic heterocycles. The fourth-order valence-electron chi connectivity index (χ4n) is 2.36. The van der Waals surface area contributed by atoms with Gasteiger partial charge in [-0.3, -0.25) is 0 Å². The fraction of sp³-hybridized carbons (Fsp3) is 0.250. The third-order valence-corrected chi connectivity index (χ3v) is 4.66. The second-order valence-corrected chi connectivity index (χ2v) is 5.96. The van der Waals surface area contributed by atoms with Gasteiger partial charge < -0.3 is 10.5 Å². The Hall–Kier alpha value is -1.61. The van der Waals surface area contributed by atoms with Crippen LogP contribution in [0.2, 0.25) is 0 Å². The van der Waals surface area contributed by atoms with Crippen LogP contribution in [0.4, 0.5) is 5.69 Å². The van der Waals surface area contributed by atoms with Crippen LogP contribution in [0.25, 0.3) is 0 Å². The first-order valence-corrected chi connectivity index (χ1v) is 7.43. The Labute approximate surface area is 118 Å². The molecule has 0 aliphatic carbocycles. The summed E-state index contributed by atoms with van der Waals surface area (Å²) in [6, 6.07) is 14.5. The van der Waals surface area contributed by atoms with Gasteiger partial charge in [-0.25, -0.2) is 0 Å². The number of ether oxygens (including phenoxy) is 1. The van der Waals surface area contributed by atoms with Crippen LogP contribution in [0.3, 0.4) is 0 Å². The third-order valence-electron chi connectivity index (χ3n) is 3.40. The molecule has 98 valence electrons. The molecule has 3 rings (SSSR count). The number of aryl methyl sites for hydroxylation is 1. The number of benzene rings is 2. The summed E-state index contributed by atoms with van der Waals surface area (Å²) in [5.41, 5.74) is 9.45. The van der Waals surface area contributed by atoms with E-state index in [1.165, 1.54) is 11.1 Å². The Morgan fingerprint density at radius 1 is 1.26 bits per heavy atom. The molecule has 2 N–H and O–H groups in total. The zero-order valence-corrected chi connectivity index (χ0v) is 11.7. The molecule has 0 bridgehead atoms. The second kappa shape index (κ2) is 5.17. The zero-order valence-electron chi connectivity index (χ0n) is 10.9. The number of thioether (sulfide) groups is 1. The molecule has 3 heteroatoms. The minimum Gasteiger partial charge on any atom is -0.493 e. The van der Waals surface area contributed by atoms with E-state index < -0.39 is 0 Å². The van der Waals surface area contributed by atoms with Crippen LogP contribution < -0.4 is 10.5 Å². The lowest BCUT2D eigenvalue weighted by atomic mass is 10.0. The zero-order chi connectivity index (χ0) is 13.2. The first kappa shape index (κ1) is 12.4. The van der Waals surface area contributed by atoms with E-state index in [1.807, 2.05) is 30.0 Å². The molecule has 1 aliphatic heterocycles. The van der Waals surface area contributed by atoms with Gasteiger partial charge in [0.2, 0.25) is 0 Å². The summed E-state index contributed by atoms with van der Waals surface area (Å²) in [6.45, 7) is 2.84. The summed E-state index contributed by atoms with van der Waals surface area (Å²) in [6.07, 6.45) is 0. The van der Waals surface area contributed by atoms with Crippen molar-refractivity contribution >= 4 is 17.4 Å². The van der Waals surface area contributed by atoms with E-state index in [1.54, 1.807) is 0 Å². The van der Waals surface area contributed by atoms with Crippen molar-refractivity contribution in [3.63, 3.8) is 0 Å². The summed E-state index contributed by atoms with van der Waals surface area (Å²) in [5.74, 6) is 2.50. The number of nitrogen functional groups attached to an aromatic ring is 1. The predicted molar refractivity (Wildman–Crippen MR) is 81.0 cm³/mol. The van der Waals surface area contributed by atoms with Gasteiger partial charge in [-0.05, 0) is 30.7 Å². The summed E-state index contributed by atoms with van der Waals surface area (Å²) in [4.78, 5) is 1.16. The Kier molecular flexibility index (Phi) is 3.38. The largest absolute Gasteiger partial charge is 0.493 e. The molecule has 1 aliphatic rings. The van der Waals surface area contributed by atoms with Crippen molar-refractivity contribution in [3.05, 3.63) is 53.6 Å². The van der Waals surface area contributed by atoms with E-state index >= 15 is 0 Å². The molecule has 0 spiro atoms. The molecule has 19 heavy (non-hydrogen) atoms. The molecule has 0 fully saturated rings. The van der Waals surface area contributed by atoms with Crippen LogP contribution in [-0.2, 0) is 0 Å². The highest BCUT2D eigenvalue weighted by atomic mass is 32.2. The number of fused-ring (bicyclic) bond motifs is 1. The summed E-state index contributed by atoms with van der Waals surface area (Å²) in [7, 11) is 0. The molecule has 0 radical (unpaired) electrons. The van der Waals surface area contributed by atoms with Crippen LogP contribution in [0.1, 0.15) is 17.0 Å². The highest BCUT2D eigenvalue weighted by Crippen LogP contribution is 2.38. The molecule has 2 aromatic rings. The van der Waals surface area contributed by atoms with Crippen LogP contribution >= 0.6 is 11.8 Å². The van der Waals surface area contributed by atoms with Gasteiger partial charge in [0.25, 0.3) is 0 Å².